The van der Waals surface area contributed by atoms with Gasteiger partial charge in [-0.15, -0.1) is 0 Å². The van der Waals surface area contributed by atoms with Crippen molar-refractivity contribution in [3.05, 3.63) is 59.9 Å². The van der Waals surface area contributed by atoms with Crippen molar-refractivity contribution in [3.8, 4) is 0 Å². The number of hydrogen-bond donors (Lipinski definition) is 2. The summed E-state index contributed by atoms with van der Waals surface area (Å²) in [6, 6.07) is 9.72. The molecule has 0 fully saturated rings. The normalized spacial score (nSPS) is 13.1. The molecule has 0 spiro atoms. The highest BCUT2D eigenvalue weighted by Crippen LogP contribution is 2.35. The lowest BCUT2D eigenvalue weighted by Gasteiger charge is -2.19. The van der Waals surface area contributed by atoms with Gasteiger partial charge in [0.2, 0.25) is 5.91 Å². The minimum Gasteiger partial charge on any atom is -0.373 e. The molecular weight excluding hydrogens is 388 g/mol. The molecule has 0 bridgehead atoms. The fourth-order valence-electron chi connectivity index (χ4n) is 2.20. The molecule has 0 aromatic heterocycles. The Labute approximate surface area is 153 Å². The van der Waals surface area contributed by atoms with Gasteiger partial charge in [0, 0.05) is 6.54 Å². The monoisotopic (exact) mass is 404 g/mol. The van der Waals surface area contributed by atoms with E-state index in [0.29, 0.717) is 0 Å². The van der Waals surface area contributed by atoms with Crippen LogP contribution in [-0.4, -0.2) is 25.9 Å². The molecule has 0 radical (unpaired) electrons. The molecule has 10 heteroatoms. The molecule has 2 rings (SSSR count). The van der Waals surface area contributed by atoms with Crippen LogP contribution in [0.4, 0.5) is 23.2 Å². The second kappa shape index (κ2) is 7.95. The molecule has 2 aromatic rings. The topological polar surface area (TPSA) is 75.3 Å². The summed E-state index contributed by atoms with van der Waals surface area (Å²) >= 11 is 0. The van der Waals surface area contributed by atoms with Crippen LogP contribution in [0.15, 0.2) is 53.4 Å². The predicted molar refractivity (Wildman–Crippen MR) is 91.0 cm³/mol. The molecule has 146 valence electrons. The van der Waals surface area contributed by atoms with Crippen molar-refractivity contribution in [2.75, 3.05) is 5.32 Å². The number of benzene rings is 2. The highest BCUT2D eigenvalue weighted by Gasteiger charge is 2.48. The first-order chi connectivity index (χ1) is 12.5. The van der Waals surface area contributed by atoms with Crippen LogP contribution in [0.2, 0.25) is 0 Å². The number of hydrogen-bond acceptors (Lipinski definition) is 4. The van der Waals surface area contributed by atoms with Crippen LogP contribution >= 0.6 is 0 Å². The Morgan fingerprint density at radius 2 is 1.74 bits per heavy atom. The standard InChI is InChI=1S/C17H16F4N2O3S/c1-11(16(24)22-10-12-5-3-2-4-6-12)23-14-8-7-13(18)9-15(14)27(25,26)17(19,20)21/h2-9,11,23H,10H2,1H3,(H,22,24). The molecule has 1 amide bonds. The number of sulfone groups is 1. The van der Waals surface area contributed by atoms with Gasteiger partial charge in [0.15, 0.2) is 0 Å². The molecule has 0 saturated carbocycles. The average Bonchev–Trinajstić information content (AvgIpc) is 2.60. The average molecular weight is 404 g/mol. The Kier molecular flexibility index (Phi) is 6.09. The van der Waals surface area contributed by atoms with Gasteiger partial charge in [-0.2, -0.15) is 13.2 Å². The fraction of sp³-hybridized carbons (Fsp3) is 0.235. The minimum atomic E-state index is -5.79. The van der Waals surface area contributed by atoms with Gasteiger partial charge in [-0.05, 0) is 30.7 Å². The number of carbonyl (C=O) groups is 1. The summed E-state index contributed by atoms with van der Waals surface area (Å²) in [5.41, 5.74) is -5.31. The summed E-state index contributed by atoms with van der Waals surface area (Å²) in [6.45, 7) is 1.52. The largest absolute Gasteiger partial charge is 0.501 e. The first kappa shape index (κ1) is 20.7. The van der Waals surface area contributed by atoms with Crippen LogP contribution in [0.25, 0.3) is 0 Å². The van der Waals surface area contributed by atoms with Crippen molar-refractivity contribution in [3.63, 3.8) is 0 Å². The Bertz CT molecular complexity index is 916. The number of rotatable bonds is 6. The lowest BCUT2D eigenvalue weighted by atomic mass is 10.2. The van der Waals surface area contributed by atoms with Crippen LogP contribution in [0.5, 0.6) is 0 Å². The van der Waals surface area contributed by atoms with Gasteiger partial charge in [-0.3, -0.25) is 4.79 Å². The van der Waals surface area contributed by atoms with Crippen LogP contribution in [0.1, 0.15) is 12.5 Å². The first-order valence-electron chi connectivity index (χ1n) is 7.71. The Balaban J connectivity index is 2.18. The van der Waals surface area contributed by atoms with E-state index in [4.69, 9.17) is 0 Å². The van der Waals surface area contributed by atoms with E-state index in [1.54, 1.807) is 30.3 Å². The maximum absolute atomic E-state index is 13.3. The predicted octanol–water partition coefficient (Wildman–Crippen LogP) is 3.24. The summed E-state index contributed by atoms with van der Waals surface area (Å²) in [4.78, 5) is 10.8. The molecule has 0 aliphatic rings. The van der Waals surface area contributed by atoms with Gasteiger partial charge in [-0.25, -0.2) is 12.8 Å². The number of carbonyl (C=O) groups excluding carboxylic acids is 1. The van der Waals surface area contributed by atoms with Gasteiger partial charge in [0.25, 0.3) is 9.84 Å². The van der Waals surface area contributed by atoms with Gasteiger partial charge in [-0.1, -0.05) is 30.3 Å². The summed E-state index contributed by atoms with van der Waals surface area (Å²) in [7, 11) is -5.79. The van der Waals surface area contributed by atoms with Crippen molar-refractivity contribution in [2.24, 2.45) is 0 Å². The van der Waals surface area contributed by atoms with E-state index in [-0.39, 0.29) is 12.6 Å². The number of halogens is 4. The van der Waals surface area contributed by atoms with Crippen molar-refractivity contribution in [1.82, 2.24) is 5.32 Å². The zero-order valence-corrected chi connectivity index (χ0v) is 14.9. The molecule has 1 atom stereocenters. The molecule has 0 aliphatic heterocycles. The van der Waals surface area contributed by atoms with Crippen LogP contribution in [0.3, 0.4) is 0 Å². The molecule has 2 aromatic carbocycles. The van der Waals surface area contributed by atoms with E-state index in [9.17, 15) is 30.8 Å². The number of amides is 1. The lowest BCUT2D eigenvalue weighted by Crippen LogP contribution is -2.37. The van der Waals surface area contributed by atoms with E-state index in [1.807, 2.05) is 0 Å². The Morgan fingerprint density at radius 3 is 2.33 bits per heavy atom. The van der Waals surface area contributed by atoms with E-state index in [0.717, 1.165) is 17.7 Å². The third-order valence-electron chi connectivity index (χ3n) is 3.61. The van der Waals surface area contributed by atoms with Crippen molar-refractivity contribution < 1.29 is 30.8 Å². The summed E-state index contributed by atoms with van der Waals surface area (Å²) in [6.07, 6.45) is 0. The Morgan fingerprint density at radius 1 is 1.11 bits per heavy atom. The molecule has 0 aliphatic carbocycles. The summed E-state index contributed by atoms with van der Waals surface area (Å²) < 4.78 is 75.1. The van der Waals surface area contributed by atoms with Crippen molar-refractivity contribution >= 4 is 21.4 Å². The number of nitrogens with one attached hydrogen (secondary N) is 2. The van der Waals surface area contributed by atoms with Gasteiger partial charge in [0.1, 0.15) is 16.8 Å². The molecular formula is C17H16F4N2O3S. The van der Waals surface area contributed by atoms with Gasteiger partial charge >= 0.3 is 5.51 Å². The molecule has 0 heterocycles. The quantitative estimate of drug-likeness (QED) is 0.725. The van der Waals surface area contributed by atoms with Crippen LogP contribution < -0.4 is 10.6 Å². The second-order valence-corrected chi connectivity index (χ2v) is 7.57. The van der Waals surface area contributed by atoms with Crippen molar-refractivity contribution in [2.45, 2.75) is 29.9 Å². The lowest BCUT2D eigenvalue weighted by molar-refractivity contribution is -0.121. The van der Waals surface area contributed by atoms with Crippen LogP contribution in [0, 0.1) is 5.82 Å². The third kappa shape index (κ3) is 4.97. The maximum Gasteiger partial charge on any atom is 0.501 e. The highest BCUT2D eigenvalue weighted by atomic mass is 32.2. The van der Waals surface area contributed by atoms with E-state index in [2.05, 4.69) is 10.6 Å². The SMILES string of the molecule is CC(Nc1ccc(F)cc1S(=O)(=O)C(F)(F)F)C(=O)NCc1ccccc1. The smallest absolute Gasteiger partial charge is 0.373 e. The van der Waals surface area contributed by atoms with E-state index < -0.39 is 43.7 Å². The number of alkyl halides is 3. The highest BCUT2D eigenvalue weighted by molar-refractivity contribution is 7.92. The van der Waals surface area contributed by atoms with E-state index >= 15 is 0 Å². The maximum atomic E-state index is 13.3. The molecule has 1 unspecified atom stereocenters. The number of anilines is 1. The van der Waals surface area contributed by atoms with Crippen LogP contribution in [-0.2, 0) is 21.2 Å². The minimum absolute atomic E-state index is 0.183. The molecule has 27 heavy (non-hydrogen) atoms. The molecule has 2 N–H and O–H groups in total. The first-order valence-corrected chi connectivity index (χ1v) is 9.20. The van der Waals surface area contributed by atoms with Gasteiger partial charge in [0.05, 0.1) is 5.69 Å². The summed E-state index contributed by atoms with van der Waals surface area (Å²) in [5.74, 6) is -1.72. The van der Waals surface area contributed by atoms with Gasteiger partial charge < -0.3 is 10.6 Å². The fourth-order valence-corrected chi connectivity index (χ4v) is 3.13. The zero-order chi connectivity index (χ0) is 20.2. The van der Waals surface area contributed by atoms with E-state index in [1.165, 1.54) is 6.92 Å². The summed E-state index contributed by atoms with van der Waals surface area (Å²) in [5, 5.41) is 4.97. The second-order valence-electron chi connectivity index (χ2n) is 5.66. The zero-order valence-electron chi connectivity index (χ0n) is 14.0. The Hall–Kier alpha value is -2.62. The molecule has 0 saturated heterocycles. The van der Waals surface area contributed by atoms with Crippen molar-refractivity contribution in [1.29, 1.82) is 0 Å². The molecule has 5 nitrogen and oxygen atoms in total. The third-order valence-corrected chi connectivity index (χ3v) is 5.14.